The molecule has 0 heterocycles. The molecule has 3 aromatic carbocycles. The van der Waals surface area contributed by atoms with Crippen LogP contribution in [0.15, 0.2) is 89.1 Å². The molecule has 0 amide bonds. The quantitative estimate of drug-likeness (QED) is 0.352. The van der Waals surface area contributed by atoms with E-state index >= 15 is 0 Å². The van der Waals surface area contributed by atoms with Gasteiger partial charge in [0.2, 0.25) is 0 Å². The zero-order chi connectivity index (χ0) is 21.6. The molecule has 1 unspecified atom stereocenters. The Hall–Kier alpha value is -3.20. The highest BCUT2D eigenvalue weighted by Gasteiger charge is 2.31. The smallest absolute Gasteiger partial charge is 0.168 e. The van der Waals surface area contributed by atoms with Gasteiger partial charge in [0.15, 0.2) is 5.78 Å². The number of allylic oxidation sites excluding steroid dienone is 2. The van der Waals surface area contributed by atoms with Crippen LogP contribution in [-0.4, -0.2) is 23.1 Å². The first-order chi connectivity index (χ1) is 15.2. The first kappa shape index (κ1) is 21.0. The molecule has 1 aliphatic carbocycles. The van der Waals surface area contributed by atoms with Crippen molar-refractivity contribution in [3.63, 3.8) is 0 Å². The molecular formula is C28H29NO2. The summed E-state index contributed by atoms with van der Waals surface area (Å²) in [6.45, 7) is 2.80. The number of carbonyl (C=O) groups is 1. The van der Waals surface area contributed by atoms with E-state index in [1.807, 2.05) is 48.5 Å². The molecule has 0 spiro atoms. The van der Waals surface area contributed by atoms with Gasteiger partial charge in [0.25, 0.3) is 0 Å². The van der Waals surface area contributed by atoms with Gasteiger partial charge >= 0.3 is 0 Å². The van der Waals surface area contributed by atoms with Gasteiger partial charge in [0.05, 0.1) is 11.3 Å². The molecule has 31 heavy (non-hydrogen) atoms. The Morgan fingerprint density at radius 3 is 2.48 bits per heavy atom. The fourth-order valence-electron chi connectivity index (χ4n) is 4.41. The van der Waals surface area contributed by atoms with Crippen LogP contribution in [0.25, 0.3) is 10.8 Å². The lowest BCUT2D eigenvalue weighted by Gasteiger charge is -2.25. The number of hydrogen-bond donors (Lipinski definition) is 1. The Morgan fingerprint density at radius 2 is 1.71 bits per heavy atom. The average Bonchev–Trinajstić information content (AvgIpc) is 2.79. The van der Waals surface area contributed by atoms with Crippen molar-refractivity contribution in [2.45, 2.75) is 44.9 Å². The average molecular weight is 412 g/mol. The molecule has 158 valence electrons. The van der Waals surface area contributed by atoms with Crippen molar-refractivity contribution in [1.29, 1.82) is 0 Å². The molecular weight excluding hydrogens is 382 g/mol. The van der Waals surface area contributed by atoms with Gasteiger partial charge < -0.3 is 5.11 Å². The fourth-order valence-corrected chi connectivity index (χ4v) is 4.41. The van der Waals surface area contributed by atoms with Crippen molar-refractivity contribution in [2.75, 3.05) is 6.54 Å². The minimum atomic E-state index is -0.00640. The van der Waals surface area contributed by atoms with Crippen LogP contribution in [0.1, 0.15) is 49.7 Å². The number of hydrogen-bond acceptors (Lipinski definition) is 3. The minimum absolute atomic E-state index is 0.00640. The van der Waals surface area contributed by atoms with Crippen molar-refractivity contribution in [1.82, 2.24) is 0 Å². The van der Waals surface area contributed by atoms with Gasteiger partial charge in [-0.25, -0.2) is 0 Å². The van der Waals surface area contributed by atoms with Crippen molar-refractivity contribution in [3.05, 3.63) is 95.3 Å². The number of ketones is 1. The molecule has 4 rings (SSSR count). The van der Waals surface area contributed by atoms with Gasteiger partial charge in [-0.05, 0) is 34.2 Å². The Balaban J connectivity index is 1.69. The molecule has 1 aliphatic rings. The summed E-state index contributed by atoms with van der Waals surface area (Å²) in [5.41, 5.74) is 3.39. The monoisotopic (exact) mass is 411 g/mol. The Labute approximate surface area is 184 Å². The lowest BCUT2D eigenvalue weighted by molar-refractivity contribution is -0.116. The number of carbonyl (C=O) groups excluding carboxylic acids is 1. The molecule has 0 aromatic heterocycles. The predicted molar refractivity (Wildman–Crippen MR) is 128 cm³/mol. The third-order valence-electron chi connectivity index (χ3n) is 6.05. The lowest BCUT2D eigenvalue weighted by Crippen LogP contribution is -2.25. The first-order valence-corrected chi connectivity index (χ1v) is 11.2. The molecule has 3 aromatic rings. The van der Waals surface area contributed by atoms with Crippen LogP contribution in [0.4, 0.5) is 0 Å². The summed E-state index contributed by atoms with van der Waals surface area (Å²) in [5, 5.41) is 13.3. The fraction of sp³-hybridized carbons (Fsp3) is 0.286. The largest absolute Gasteiger partial charge is 0.511 e. The number of aliphatic hydroxyl groups excluding tert-OH is 1. The highest BCUT2D eigenvalue weighted by Crippen LogP contribution is 2.34. The summed E-state index contributed by atoms with van der Waals surface area (Å²) in [5.74, 6) is 0.195. The maximum atomic E-state index is 13.2. The zero-order valence-corrected chi connectivity index (χ0v) is 18.1. The van der Waals surface area contributed by atoms with Gasteiger partial charge in [-0.15, -0.1) is 0 Å². The molecule has 3 nitrogen and oxygen atoms in total. The molecule has 0 radical (unpaired) electrons. The summed E-state index contributed by atoms with van der Waals surface area (Å²) in [6, 6.07) is 24.5. The lowest BCUT2D eigenvalue weighted by atomic mass is 9.80. The van der Waals surface area contributed by atoms with E-state index in [0.717, 1.165) is 29.7 Å². The van der Waals surface area contributed by atoms with Crippen molar-refractivity contribution >= 4 is 22.3 Å². The summed E-state index contributed by atoms with van der Waals surface area (Å²) < 4.78 is 0. The molecule has 0 saturated heterocycles. The third kappa shape index (κ3) is 4.77. The predicted octanol–water partition coefficient (Wildman–Crippen LogP) is 6.58. The number of unbranched alkanes of at least 4 members (excludes halogenated alkanes) is 1. The standard InChI is InChI=1S/C28H29NO2/c1-2-3-16-29-25(17-22-14-9-13-21-12-7-8-15-24(21)22)28-26(30)18-23(19-27(28)31)20-10-5-4-6-11-20/h4-15,23,30H,2-3,16-19H2,1H3. The molecule has 0 bridgehead atoms. The van der Waals surface area contributed by atoms with Gasteiger partial charge in [0, 0.05) is 25.8 Å². The van der Waals surface area contributed by atoms with Crippen LogP contribution < -0.4 is 0 Å². The van der Waals surface area contributed by atoms with E-state index in [-0.39, 0.29) is 17.5 Å². The Bertz CT molecular complexity index is 1120. The van der Waals surface area contributed by atoms with Crippen molar-refractivity contribution in [2.24, 2.45) is 4.99 Å². The van der Waals surface area contributed by atoms with Crippen LogP contribution in [0.3, 0.4) is 0 Å². The number of rotatable bonds is 7. The zero-order valence-electron chi connectivity index (χ0n) is 18.1. The second-order valence-corrected chi connectivity index (χ2v) is 8.26. The van der Waals surface area contributed by atoms with Crippen LogP contribution in [-0.2, 0) is 11.2 Å². The van der Waals surface area contributed by atoms with Crippen LogP contribution in [0.5, 0.6) is 0 Å². The number of aliphatic imine (C=N–C) groups is 1. The second-order valence-electron chi connectivity index (χ2n) is 8.26. The highest BCUT2D eigenvalue weighted by molar-refractivity contribution is 6.24. The van der Waals surface area contributed by atoms with E-state index in [1.165, 1.54) is 10.8 Å². The molecule has 0 aliphatic heterocycles. The SMILES string of the molecule is CCCCN=C(Cc1cccc2ccccc12)C1=C(O)CC(c2ccccc2)CC1=O. The van der Waals surface area contributed by atoms with E-state index in [4.69, 9.17) is 4.99 Å². The second kappa shape index (κ2) is 9.74. The van der Waals surface area contributed by atoms with Crippen LogP contribution in [0.2, 0.25) is 0 Å². The van der Waals surface area contributed by atoms with E-state index in [1.54, 1.807) is 0 Å². The molecule has 0 fully saturated rings. The van der Waals surface area contributed by atoms with Gasteiger partial charge in [-0.1, -0.05) is 86.1 Å². The molecule has 0 saturated carbocycles. The van der Waals surface area contributed by atoms with Gasteiger partial charge in [0.1, 0.15) is 5.76 Å². The topological polar surface area (TPSA) is 49.7 Å². The summed E-state index contributed by atoms with van der Waals surface area (Å²) in [4.78, 5) is 18.0. The maximum Gasteiger partial charge on any atom is 0.168 e. The minimum Gasteiger partial charge on any atom is -0.511 e. The van der Waals surface area contributed by atoms with E-state index in [0.29, 0.717) is 31.4 Å². The molecule has 1 N–H and O–H groups in total. The third-order valence-corrected chi connectivity index (χ3v) is 6.05. The van der Waals surface area contributed by atoms with E-state index in [9.17, 15) is 9.90 Å². The maximum absolute atomic E-state index is 13.2. The summed E-state index contributed by atoms with van der Waals surface area (Å²) in [6.07, 6.45) is 3.44. The number of benzene rings is 3. The van der Waals surface area contributed by atoms with Gasteiger partial charge in [-0.3, -0.25) is 9.79 Å². The summed E-state index contributed by atoms with van der Waals surface area (Å²) in [7, 11) is 0. The van der Waals surface area contributed by atoms with E-state index < -0.39 is 0 Å². The normalized spacial score (nSPS) is 17.4. The number of Topliss-reactive ketones (excluding diaryl/α,β-unsaturated/α-hetero) is 1. The number of nitrogens with zero attached hydrogens (tertiary/aromatic N) is 1. The Morgan fingerprint density at radius 1 is 0.968 bits per heavy atom. The van der Waals surface area contributed by atoms with Crippen molar-refractivity contribution in [3.8, 4) is 0 Å². The number of fused-ring (bicyclic) bond motifs is 1. The van der Waals surface area contributed by atoms with E-state index in [2.05, 4.69) is 31.2 Å². The van der Waals surface area contributed by atoms with Gasteiger partial charge in [-0.2, -0.15) is 0 Å². The van der Waals surface area contributed by atoms with Crippen LogP contribution in [0, 0.1) is 0 Å². The van der Waals surface area contributed by atoms with Crippen molar-refractivity contribution < 1.29 is 9.90 Å². The van der Waals surface area contributed by atoms with Crippen LogP contribution >= 0.6 is 0 Å². The highest BCUT2D eigenvalue weighted by atomic mass is 16.3. The molecule has 3 heteroatoms. The Kier molecular flexibility index (Phi) is 6.61. The summed E-state index contributed by atoms with van der Waals surface area (Å²) >= 11 is 0. The first-order valence-electron chi connectivity index (χ1n) is 11.2. The number of aliphatic hydroxyl groups is 1. The molecule has 1 atom stereocenters.